The maximum atomic E-state index is 6.87. The van der Waals surface area contributed by atoms with Crippen molar-refractivity contribution >= 4 is 0 Å². The van der Waals surface area contributed by atoms with Gasteiger partial charge in [0.15, 0.2) is 0 Å². The summed E-state index contributed by atoms with van der Waals surface area (Å²) in [6.07, 6.45) is -1.89. The van der Waals surface area contributed by atoms with E-state index in [1.54, 1.807) is 0 Å². The first kappa shape index (κ1) is 35.2. The van der Waals surface area contributed by atoms with Gasteiger partial charge in [0.25, 0.3) is 0 Å². The summed E-state index contributed by atoms with van der Waals surface area (Å²) < 4.78 is 33.5. The number of hydrogen-bond acceptors (Lipinski definition) is 6. The van der Waals surface area contributed by atoms with Crippen molar-refractivity contribution in [1.29, 1.82) is 0 Å². The predicted octanol–water partition coefficient (Wildman–Crippen LogP) is 7.76. The van der Waals surface area contributed by atoms with E-state index in [1.807, 2.05) is 98.0 Å². The molecule has 0 unspecified atom stereocenters. The van der Waals surface area contributed by atoms with Gasteiger partial charge in [-0.3, -0.25) is 0 Å². The molecule has 250 valence electrons. The third-order valence-electron chi connectivity index (χ3n) is 8.04. The molecule has 0 saturated carbocycles. The number of ether oxygens (including phenoxy) is 5. The highest BCUT2D eigenvalue weighted by atomic mass is 16.6. The third kappa shape index (κ3) is 11.8. The molecule has 0 fully saturated rings. The second-order valence-electron chi connectivity index (χ2n) is 11.8. The van der Waals surface area contributed by atoms with Crippen molar-refractivity contribution < 1.29 is 23.7 Å². The highest BCUT2D eigenvalue weighted by Gasteiger charge is 2.38. The molecule has 0 heterocycles. The Morgan fingerprint density at radius 1 is 0.396 bits per heavy atom. The molecule has 0 aromatic heterocycles. The fourth-order valence-electron chi connectivity index (χ4n) is 5.49. The molecule has 0 radical (unpaired) electrons. The van der Waals surface area contributed by atoms with E-state index in [1.165, 1.54) is 0 Å². The molecule has 0 aliphatic heterocycles. The van der Waals surface area contributed by atoms with E-state index in [4.69, 9.17) is 23.7 Å². The van der Waals surface area contributed by atoms with Gasteiger partial charge in [0.05, 0.1) is 45.7 Å². The molecule has 1 N–H and O–H groups in total. The Hall–Kier alpha value is -4.14. The van der Waals surface area contributed by atoms with Gasteiger partial charge in [-0.15, -0.1) is 0 Å². The largest absolute Gasteiger partial charge is 0.374 e. The van der Waals surface area contributed by atoms with Crippen LogP contribution in [-0.2, 0) is 56.7 Å². The van der Waals surface area contributed by atoms with Crippen LogP contribution in [0.1, 0.15) is 27.8 Å². The van der Waals surface area contributed by atoms with E-state index in [0.29, 0.717) is 46.2 Å². The zero-order valence-corrected chi connectivity index (χ0v) is 27.7. The minimum absolute atomic E-state index is 0.303. The number of rotatable bonds is 21. The van der Waals surface area contributed by atoms with Crippen molar-refractivity contribution in [3.8, 4) is 0 Å². The van der Waals surface area contributed by atoms with Crippen LogP contribution >= 0.6 is 0 Å². The van der Waals surface area contributed by atoms with Gasteiger partial charge in [-0.1, -0.05) is 152 Å². The molecule has 0 spiro atoms. The second-order valence-corrected chi connectivity index (χ2v) is 11.8. The predicted molar refractivity (Wildman–Crippen MR) is 190 cm³/mol. The van der Waals surface area contributed by atoms with Crippen LogP contribution < -0.4 is 5.32 Å². The Bertz CT molecular complexity index is 1520. The molecule has 0 aliphatic rings. The maximum absolute atomic E-state index is 6.87. The lowest BCUT2D eigenvalue weighted by Gasteiger charge is -2.37. The first-order valence-electron chi connectivity index (χ1n) is 16.7. The first-order valence-corrected chi connectivity index (χ1v) is 16.7. The van der Waals surface area contributed by atoms with Gasteiger partial charge in [0, 0.05) is 6.54 Å². The number of hydrogen-bond donors (Lipinski definition) is 1. The molecule has 0 saturated heterocycles. The molecule has 6 nitrogen and oxygen atoms in total. The monoisotopic (exact) mass is 645 g/mol. The minimum atomic E-state index is -0.539. The number of benzene rings is 5. The molecule has 5 rings (SSSR count). The molecule has 48 heavy (non-hydrogen) atoms. The summed E-state index contributed by atoms with van der Waals surface area (Å²) in [5.74, 6) is 0. The Morgan fingerprint density at radius 3 is 1.08 bits per heavy atom. The number of likely N-dealkylation sites (N-methyl/N-ethyl adjacent to an activating group) is 1. The van der Waals surface area contributed by atoms with E-state index in [9.17, 15) is 0 Å². The van der Waals surface area contributed by atoms with E-state index in [0.717, 1.165) is 27.8 Å². The van der Waals surface area contributed by atoms with Gasteiger partial charge in [0.1, 0.15) is 18.3 Å². The highest BCUT2D eigenvalue weighted by Crippen LogP contribution is 2.24. The van der Waals surface area contributed by atoms with Crippen LogP contribution in [0.2, 0.25) is 0 Å². The van der Waals surface area contributed by atoms with Crippen LogP contribution in [0, 0.1) is 0 Å². The maximum Gasteiger partial charge on any atom is 0.115 e. The molecule has 6 heteroatoms. The summed E-state index contributed by atoms with van der Waals surface area (Å²) in [5, 5.41) is 3.34. The van der Waals surface area contributed by atoms with Crippen LogP contribution in [0.5, 0.6) is 0 Å². The highest BCUT2D eigenvalue weighted by molar-refractivity contribution is 5.17. The van der Waals surface area contributed by atoms with Gasteiger partial charge < -0.3 is 29.0 Å². The Balaban J connectivity index is 1.46. The van der Waals surface area contributed by atoms with Crippen molar-refractivity contribution in [3.63, 3.8) is 0 Å². The Labute approximate surface area is 285 Å². The SMILES string of the molecule is CNC[C@H](OCc1ccccc1)[C@@H](OCc1ccccc1)[C@H](OCc1ccccc1)[C@@H](COCc1ccccc1)OCc1ccccc1. The molecule has 5 aromatic carbocycles. The van der Waals surface area contributed by atoms with Crippen LogP contribution in [0.25, 0.3) is 0 Å². The van der Waals surface area contributed by atoms with E-state index in [-0.39, 0.29) is 6.10 Å². The second kappa shape index (κ2) is 20.3. The van der Waals surface area contributed by atoms with Crippen LogP contribution in [0.4, 0.5) is 0 Å². The van der Waals surface area contributed by atoms with Crippen molar-refractivity contribution in [3.05, 3.63) is 179 Å². The Kier molecular flexibility index (Phi) is 14.9. The fraction of sp³-hybridized carbons (Fsp3) is 0.286. The van der Waals surface area contributed by atoms with E-state index >= 15 is 0 Å². The summed E-state index contributed by atoms with van der Waals surface area (Å²) in [4.78, 5) is 0. The van der Waals surface area contributed by atoms with Gasteiger partial charge in [-0.05, 0) is 34.9 Å². The minimum Gasteiger partial charge on any atom is -0.374 e. The molecule has 5 aromatic rings. The molecular formula is C42H47NO5. The lowest BCUT2D eigenvalue weighted by atomic mass is 10.0. The quantitative estimate of drug-likeness (QED) is 0.0881. The summed E-state index contributed by atoms with van der Waals surface area (Å²) >= 11 is 0. The van der Waals surface area contributed by atoms with Crippen LogP contribution in [0.3, 0.4) is 0 Å². The van der Waals surface area contributed by atoms with Crippen molar-refractivity contribution in [2.24, 2.45) is 0 Å². The first-order chi connectivity index (χ1) is 23.8. The summed E-state index contributed by atoms with van der Waals surface area (Å²) in [7, 11) is 1.93. The molecule has 0 aliphatic carbocycles. The van der Waals surface area contributed by atoms with E-state index < -0.39 is 18.3 Å². The Morgan fingerprint density at radius 2 is 0.708 bits per heavy atom. The zero-order valence-electron chi connectivity index (χ0n) is 27.7. The molecular weight excluding hydrogens is 598 g/mol. The smallest absolute Gasteiger partial charge is 0.115 e. The van der Waals surface area contributed by atoms with Gasteiger partial charge >= 0.3 is 0 Å². The average Bonchev–Trinajstić information content (AvgIpc) is 3.15. The third-order valence-corrected chi connectivity index (χ3v) is 8.04. The van der Waals surface area contributed by atoms with Crippen LogP contribution in [-0.4, -0.2) is 44.6 Å². The topological polar surface area (TPSA) is 58.2 Å². The van der Waals surface area contributed by atoms with Crippen molar-refractivity contribution in [2.75, 3.05) is 20.2 Å². The number of nitrogens with one attached hydrogen (secondary N) is 1. The molecule has 0 bridgehead atoms. The lowest BCUT2D eigenvalue weighted by molar-refractivity contribution is -0.199. The van der Waals surface area contributed by atoms with E-state index in [2.05, 4.69) is 66.0 Å². The van der Waals surface area contributed by atoms with Gasteiger partial charge in [0.2, 0.25) is 0 Å². The van der Waals surface area contributed by atoms with Gasteiger partial charge in [-0.2, -0.15) is 0 Å². The average molecular weight is 646 g/mol. The van der Waals surface area contributed by atoms with Gasteiger partial charge in [-0.25, -0.2) is 0 Å². The summed E-state index contributed by atoms with van der Waals surface area (Å²) in [6, 6.07) is 51.0. The standard InChI is InChI=1S/C42H47NO5/c1-43-27-39(45-29-35-19-9-3-10-20-35)41(47-31-37-23-13-5-14-24-37)42(48-32-38-25-15-6-16-26-38)40(46-30-36-21-11-4-12-22-36)33-44-28-34-17-7-2-8-18-34/h2-26,39-43H,27-33H2,1H3/t39-,40+,41+,42+/m0/s1. The molecule has 4 atom stereocenters. The molecule has 0 amide bonds. The summed E-state index contributed by atoms with van der Waals surface area (Å²) in [6.45, 7) is 2.91. The van der Waals surface area contributed by atoms with Crippen LogP contribution in [0.15, 0.2) is 152 Å². The lowest BCUT2D eigenvalue weighted by Crippen LogP contribution is -2.53. The normalized spacial score (nSPS) is 13.9. The van der Waals surface area contributed by atoms with Crippen molar-refractivity contribution in [1.82, 2.24) is 5.32 Å². The summed E-state index contributed by atoms with van der Waals surface area (Å²) in [5.41, 5.74) is 5.38. The fourth-order valence-corrected chi connectivity index (χ4v) is 5.49. The zero-order chi connectivity index (χ0) is 33.1. The van der Waals surface area contributed by atoms with Crippen molar-refractivity contribution in [2.45, 2.75) is 57.5 Å².